The molecule has 2 amide bonds. The van der Waals surface area contributed by atoms with Crippen LogP contribution in [0.1, 0.15) is 44.0 Å². The number of benzene rings is 1. The highest BCUT2D eigenvalue weighted by atomic mass is 35.5. The maximum absolute atomic E-state index is 12.4. The first-order valence-electron chi connectivity index (χ1n) is 8.15. The summed E-state index contributed by atoms with van der Waals surface area (Å²) in [6.45, 7) is 6.02. The smallest absolute Gasteiger partial charge is 0.326 e. The van der Waals surface area contributed by atoms with Gasteiger partial charge in [0.25, 0.3) is 5.91 Å². The van der Waals surface area contributed by atoms with Crippen molar-refractivity contribution in [3.63, 3.8) is 0 Å². The molecule has 0 radical (unpaired) electrons. The van der Waals surface area contributed by atoms with Crippen LogP contribution in [0.2, 0.25) is 5.02 Å². The van der Waals surface area contributed by atoms with Gasteiger partial charge in [-0.05, 0) is 23.6 Å². The SMILES string of the molecule is COCCC(NC(=O)c1cc(NC(=O)CC(C)(C)C)ccc1Cl)C(=O)O. The van der Waals surface area contributed by atoms with Crippen LogP contribution >= 0.6 is 11.6 Å². The molecular formula is C18H25ClN2O5. The number of amides is 2. The normalized spacial score (nSPS) is 12.3. The summed E-state index contributed by atoms with van der Waals surface area (Å²) >= 11 is 6.06. The molecule has 0 fully saturated rings. The molecule has 1 aromatic rings. The maximum Gasteiger partial charge on any atom is 0.326 e. The maximum atomic E-state index is 12.4. The standard InChI is InChI=1S/C18H25ClN2O5/c1-18(2,3)10-15(22)20-11-5-6-13(19)12(9-11)16(23)21-14(17(24)25)7-8-26-4/h5-6,9,14H,7-8,10H2,1-4H3,(H,20,22)(H,21,23)(H,24,25). The van der Waals surface area contributed by atoms with Gasteiger partial charge in [-0.1, -0.05) is 32.4 Å². The van der Waals surface area contributed by atoms with Crippen molar-refractivity contribution >= 4 is 35.1 Å². The van der Waals surface area contributed by atoms with Crippen LogP contribution in [0.3, 0.4) is 0 Å². The van der Waals surface area contributed by atoms with E-state index in [4.69, 9.17) is 16.3 Å². The van der Waals surface area contributed by atoms with E-state index in [0.29, 0.717) is 12.1 Å². The first-order valence-corrected chi connectivity index (χ1v) is 8.53. The number of nitrogens with one attached hydrogen (secondary N) is 2. The van der Waals surface area contributed by atoms with E-state index < -0.39 is 17.9 Å². The number of methoxy groups -OCH3 is 1. The average molecular weight is 385 g/mol. The Labute approximate surface area is 158 Å². The summed E-state index contributed by atoms with van der Waals surface area (Å²) in [6, 6.07) is 3.39. The molecule has 0 spiro atoms. The van der Waals surface area contributed by atoms with E-state index in [9.17, 15) is 19.5 Å². The zero-order valence-corrected chi connectivity index (χ0v) is 16.1. The summed E-state index contributed by atoms with van der Waals surface area (Å²) in [5, 5.41) is 14.5. The van der Waals surface area contributed by atoms with Gasteiger partial charge in [-0.25, -0.2) is 4.79 Å². The van der Waals surface area contributed by atoms with Gasteiger partial charge in [-0.2, -0.15) is 0 Å². The van der Waals surface area contributed by atoms with Crippen LogP contribution in [-0.4, -0.2) is 42.6 Å². The minimum Gasteiger partial charge on any atom is -0.480 e. The lowest BCUT2D eigenvalue weighted by Gasteiger charge is -2.18. The number of rotatable bonds is 8. The molecule has 1 rings (SSSR count). The topological polar surface area (TPSA) is 105 Å². The Morgan fingerprint density at radius 3 is 2.46 bits per heavy atom. The fourth-order valence-electron chi connectivity index (χ4n) is 2.19. The van der Waals surface area contributed by atoms with Crippen molar-refractivity contribution in [1.82, 2.24) is 5.32 Å². The van der Waals surface area contributed by atoms with E-state index in [0.717, 1.165) is 0 Å². The van der Waals surface area contributed by atoms with Crippen LogP contribution in [-0.2, 0) is 14.3 Å². The van der Waals surface area contributed by atoms with Crippen molar-refractivity contribution in [2.75, 3.05) is 19.0 Å². The van der Waals surface area contributed by atoms with Gasteiger partial charge in [-0.3, -0.25) is 9.59 Å². The van der Waals surface area contributed by atoms with Crippen molar-refractivity contribution in [2.45, 2.75) is 39.7 Å². The number of hydrogen-bond donors (Lipinski definition) is 3. The summed E-state index contributed by atoms with van der Waals surface area (Å²) in [5.41, 5.74) is 0.328. The second-order valence-corrected chi connectivity index (χ2v) is 7.53. The van der Waals surface area contributed by atoms with Gasteiger partial charge in [0.2, 0.25) is 5.91 Å². The minimum atomic E-state index is -1.17. The van der Waals surface area contributed by atoms with Crippen LogP contribution in [0.15, 0.2) is 18.2 Å². The Morgan fingerprint density at radius 2 is 1.92 bits per heavy atom. The van der Waals surface area contributed by atoms with Crippen LogP contribution in [0.4, 0.5) is 5.69 Å². The van der Waals surface area contributed by atoms with Crippen LogP contribution in [0.25, 0.3) is 0 Å². The highest BCUT2D eigenvalue weighted by Gasteiger charge is 2.22. The Hall–Kier alpha value is -2.12. The summed E-state index contributed by atoms with van der Waals surface area (Å²) in [7, 11) is 1.45. The third kappa shape index (κ3) is 7.41. The van der Waals surface area contributed by atoms with Gasteiger partial charge in [0.1, 0.15) is 6.04 Å². The average Bonchev–Trinajstić information content (AvgIpc) is 2.50. The molecule has 144 valence electrons. The number of anilines is 1. The van der Waals surface area contributed by atoms with Gasteiger partial charge < -0.3 is 20.5 Å². The molecule has 0 aliphatic carbocycles. The van der Waals surface area contributed by atoms with Crippen LogP contribution in [0.5, 0.6) is 0 Å². The largest absolute Gasteiger partial charge is 0.480 e. The molecule has 0 bridgehead atoms. The highest BCUT2D eigenvalue weighted by Crippen LogP contribution is 2.23. The van der Waals surface area contributed by atoms with E-state index in [1.54, 1.807) is 6.07 Å². The number of hydrogen-bond acceptors (Lipinski definition) is 4. The third-order valence-corrected chi connectivity index (χ3v) is 3.73. The van der Waals surface area contributed by atoms with E-state index in [1.807, 2.05) is 20.8 Å². The quantitative estimate of drug-likeness (QED) is 0.639. The van der Waals surface area contributed by atoms with Crippen LogP contribution in [0, 0.1) is 5.41 Å². The van der Waals surface area contributed by atoms with Gasteiger partial charge in [0, 0.05) is 32.2 Å². The molecule has 0 aliphatic rings. The Morgan fingerprint density at radius 1 is 1.27 bits per heavy atom. The zero-order valence-electron chi connectivity index (χ0n) is 15.4. The molecule has 0 saturated carbocycles. The molecule has 1 unspecified atom stereocenters. The number of halogens is 1. The lowest BCUT2D eigenvalue weighted by atomic mass is 9.92. The third-order valence-electron chi connectivity index (χ3n) is 3.40. The second kappa shape index (κ2) is 9.54. The Bertz CT molecular complexity index is 670. The van der Waals surface area contributed by atoms with Crippen molar-refractivity contribution in [3.05, 3.63) is 28.8 Å². The fraction of sp³-hybridized carbons (Fsp3) is 0.500. The number of ether oxygens (including phenoxy) is 1. The predicted molar refractivity (Wildman–Crippen MR) is 99.5 cm³/mol. The Kier molecular flexibility index (Phi) is 8.05. The minimum absolute atomic E-state index is 0.0869. The van der Waals surface area contributed by atoms with Crippen molar-refractivity contribution < 1.29 is 24.2 Å². The summed E-state index contributed by atoms with van der Waals surface area (Å²) in [6.07, 6.45) is 0.437. The summed E-state index contributed by atoms with van der Waals surface area (Å²) in [5.74, 6) is -1.98. The molecule has 26 heavy (non-hydrogen) atoms. The monoisotopic (exact) mass is 384 g/mol. The van der Waals surface area contributed by atoms with Gasteiger partial charge in [0.15, 0.2) is 0 Å². The van der Waals surface area contributed by atoms with Gasteiger partial charge in [0.05, 0.1) is 10.6 Å². The molecule has 7 nitrogen and oxygen atoms in total. The van der Waals surface area contributed by atoms with Gasteiger partial charge in [-0.15, -0.1) is 0 Å². The number of carboxylic acid groups (broad SMARTS) is 1. The molecule has 0 aromatic heterocycles. The van der Waals surface area contributed by atoms with Crippen molar-refractivity contribution in [2.24, 2.45) is 5.41 Å². The fourth-order valence-corrected chi connectivity index (χ4v) is 2.40. The molecule has 3 N–H and O–H groups in total. The molecule has 0 saturated heterocycles. The molecular weight excluding hydrogens is 360 g/mol. The van der Waals surface area contributed by atoms with E-state index in [1.165, 1.54) is 19.2 Å². The van der Waals surface area contributed by atoms with Crippen molar-refractivity contribution in [3.8, 4) is 0 Å². The Balaban J connectivity index is 2.90. The van der Waals surface area contributed by atoms with Gasteiger partial charge >= 0.3 is 5.97 Å². The number of aliphatic carboxylic acids is 1. The summed E-state index contributed by atoms with van der Waals surface area (Å²) < 4.78 is 4.85. The molecule has 0 aliphatic heterocycles. The number of carboxylic acids is 1. The number of carbonyl (C=O) groups excluding carboxylic acids is 2. The van der Waals surface area contributed by atoms with E-state index in [2.05, 4.69) is 10.6 Å². The molecule has 0 heterocycles. The van der Waals surface area contributed by atoms with Crippen LogP contribution < -0.4 is 10.6 Å². The lowest BCUT2D eigenvalue weighted by Crippen LogP contribution is -2.41. The van der Waals surface area contributed by atoms with Crippen molar-refractivity contribution in [1.29, 1.82) is 0 Å². The van der Waals surface area contributed by atoms with E-state index in [-0.39, 0.29) is 34.9 Å². The first-order chi connectivity index (χ1) is 12.0. The first kappa shape index (κ1) is 21.9. The predicted octanol–water partition coefficient (Wildman–Crippen LogP) is 2.93. The number of carbonyl (C=O) groups is 3. The van der Waals surface area contributed by atoms with E-state index >= 15 is 0 Å². The second-order valence-electron chi connectivity index (χ2n) is 7.13. The molecule has 8 heteroatoms. The highest BCUT2D eigenvalue weighted by molar-refractivity contribution is 6.34. The lowest BCUT2D eigenvalue weighted by molar-refractivity contribution is -0.139. The molecule has 1 atom stereocenters. The zero-order chi connectivity index (χ0) is 19.9. The summed E-state index contributed by atoms with van der Waals surface area (Å²) in [4.78, 5) is 35.7. The molecule has 1 aromatic carbocycles.